The molecule has 1 fully saturated rings. The third kappa shape index (κ3) is 6.46. The number of phosphoric ester groups is 1. The fourth-order valence-corrected chi connectivity index (χ4v) is 6.35. The predicted octanol–water partition coefficient (Wildman–Crippen LogP) is 1.44. The Hall–Kier alpha value is -1.70. The largest absolute Gasteiger partial charge is 0.490 e. The summed E-state index contributed by atoms with van der Waals surface area (Å²) in [5.74, 6) is 0.226. The van der Waals surface area contributed by atoms with E-state index in [1.54, 1.807) is 23.0 Å². The lowest BCUT2D eigenvalue weighted by molar-refractivity contribution is 0.159. The molecule has 4 atom stereocenters. The molecule has 0 aliphatic heterocycles. The zero-order valence-electron chi connectivity index (χ0n) is 16.7. The molecule has 0 aromatic carbocycles. The first-order chi connectivity index (χ1) is 15.3. The van der Waals surface area contributed by atoms with Crippen molar-refractivity contribution in [3.63, 3.8) is 0 Å². The first-order valence-corrected chi connectivity index (χ1v) is 14.1. The van der Waals surface area contributed by atoms with Crippen LogP contribution in [-0.2, 0) is 26.8 Å². The highest BCUT2D eigenvalue weighted by atomic mass is 31.3. The molecule has 2 aliphatic carbocycles. The summed E-state index contributed by atoms with van der Waals surface area (Å²) in [4.78, 5) is 48.8. The van der Waals surface area contributed by atoms with E-state index in [-0.39, 0.29) is 12.0 Å². The molecule has 0 amide bonds. The number of hydrogen-bond acceptors (Lipinski definition) is 11. The minimum atomic E-state index is -5.55. The van der Waals surface area contributed by atoms with Gasteiger partial charge in [0.1, 0.15) is 0 Å². The Balaban J connectivity index is 1.39. The number of nitrogens with zero attached hydrogens (tertiary/aromatic N) is 4. The van der Waals surface area contributed by atoms with Gasteiger partial charge < -0.3 is 35.2 Å². The Bertz CT molecular complexity index is 1230. The molecule has 4 unspecified atom stereocenters. The van der Waals surface area contributed by atoms with Gasteiger partial charge in [-0.25, -0.2) is 18.7 Å². The Morgan fingerprint density at radius 1 is 1.09 bits per heavy atom. The van der Waals surface area contributed by atoms with Gasteiger partial charge in [0, 0.05) is 12.0 Å². The van der Waals surface area contributed by atoms with Crippen molar-refractivity contribution in [3.8, 4) is 0 Å². The maximum atomic E-state index is 11.9. The molecule has 0 spiro atoms. The van der Waals surface area contributed by atoms with E-state index in [4.69, 9.17) is 20.0 Å². The number of allylic oxidation sites excluding steroid dienone is 1. The lowest BCUT2D eigenvalue weighted by Crippen LogP contribution is -2.11. The van der Waals surface area contributed by atoms with Crippen LogP contribution in [0.4, 0.5) is 11.8 Å². The van der Waals surface area contributed by atoms with Gasteiger partial charge in [0.25, 0.3) is 0 Å². The third-order valence-electron chi connectivity index (χ3n) is 4.73. The zero-order chi connectivity index (χ0) is 24.0. The maximum absolute atomic E-state index is 11.9. The van der Waals surface area contributed by atoms with Crippen LogP contribution in [0.5, 0.6) is 0 Å². The SMILES string of the molecule is Nc1nc(NC2CC2)c2ncn(C3C=CC(COP(=O)(O)OP(=O)(O)OP(=O)(O)O)C3)c2n1. The number of aromatic nitrogens is 4. The molecule has 2 aliphatic rings. The Morgan fingerprint density at radius 2 is 1.82 bits per heavy atom. The van der Waals surface area contributed by atoms with E-state index in [0.717, 1.165) is 12.8 Å². The van der Waals surface area contributed by atoms with Gasteiger partial charge in [-0.3, -0.25) is 4.52 Å². The van der Waals surface area contributed by atoms with Crippen LogP contribution in [0.2, 0.25) is 0 Å². The number of phosphoric acid groups is 3. The molecule has 19 heteroatoms. The minimum Gasteiger partial charge on any atom is -0.368 e. The Labute approximate surface area is 186 Å². The van der Waals surface area contributed by atoms with Crippen LogP contribution in [-0.4, -0.2) is 51.7 Å². The fourth-order valence-electron chi connectivity index (χ4n) is 3.27. The number of hydrogen-bond donors (Lipinski definition) is 6. The van der Waals surface area contributed by atoms with Crippen molar-refractivity contribution in [3.05, 3.63) is 18.5 Å². The maximum Gasteiger partial charge on any atom is 0.490 e. The molecule has 182 valence electrons. The second-order valence-corrected chi connectivity index (χ2v) is 11.9. The lowest BCUT2D eigenvalue weighted by Gasteiger charge is -2.18. The summed E-state index contributed by atoms with van der Waals surface area (Å²) in [6.45, 7) is -0.394. The summed E-state index contributed by atoms with van der Waals surface area (Å²) < 4.78 is 47.8. The number of nitrogens with one attached hydrogen (secondary N) is 1. The third-order valence-corrected chi connectivity index (χ3v) is 8.53. The molecule has 4 rings (SSSR count). The molecule has 2 aromatic heterocycles. The average molecular weight is 526 g/mol. The molecule has 0 bridgehead atoms. The van der Waals surface area contributed by atoms with Crippen LogP contribution in [0, 0.1) is 5.92 Å². The molecule has 7 N–H and O–H groups in total. The van der Waals surface area contributed by atoms with Crippen LogP contribution in [0.15, 0.2) is 18.5 Å². The molecule has 2 heterocycles. The van der Waals surface area contributed by atoms with E-state index in [2.05, 4.69) is 28.9 Å². The summed E-state index contributed by atoms with van der Waals surface area (Å²) in [7, 11) is -16.2. The van der Waals surface area contributed by atoms with Crippen molar-refractivity contribution in [2.45, 2.75) is 31.3 Å². The van der Waals surface area contributed by atoms with Crippen LogP contribution < -0.4 is 11.1 Å². The number of imidazole rings is 1. The van der Waals surface area contributed by atoms with Gasteiger partial charge in [-0.05, 0) is 19.3 Å². The second kappa shape index (κ2) is 8.82. The van der Waals surface area contributed by atoms with Crippen molar-refractivity contribution < 1.29 is 46.4 Å². The zero-order valence-corrected chi connectivity index (χ0v) is 19.4. The summed E-state index contributed by atoms with van der Waals surface area (Å²) in [5, 5.41) is 3.26. The quantitative estimate of drug-likeness (QED) is 0.189. The van der Waals surface area contributed by atoms with E-state index >= 15 is 0 Å². The van der Waals surface area contributed by atoms with Crippen molar-refractivity contribution in [1.82, 2.24) is 19.5 Å². The average Bonchev–Trinajstić information content (AvgIpc) is 3.17. The van der Waals surface area contributed by atoms with Crippen LogP contribution >= 0.6 is 23.5 Å². The standard InChI is InChI=1S/C14H21N6O10P3/c15-14-18-12(17-9-2-3-9)11-13(19-14)20(7-16-11)10-4-1-8(5-10)6-28-32(24,25)30-33(26,27)29-31(21,22)23/h1,4,7-10H,2-3,5-6H2,(H,24,25)(H,26,27)(H2,21,22,23)(H3,15,17,18,19). The van der Waals surface area contributed by atoms with E-state index in [1.165, 1.54) is 0 Å². The first-order valence-electron chi connectivity index (χ1n) is 9.53. The van der Waals surface area contributed by atoms with Gasteiger partial charge in [0.15, 0.2) is 17.0 Å². The summed E-state index contributed by atoms with van der Waals surface area (Å²) in [6.07, 6.45) is 7.56. The van der Waals surface area contributed by atoms with Gasteiger partial charge in [-0.2, -0.15) is 18.6 Å². The van der Waals surface area contributed by atoms with Gasteiger partial charge in [0.05, 0.1) is 19.0 Å². The van der Waals surface area contributed by atoms with Gasteiger partial charge in [-0.15, -0.1) is 0 Å². The summed E-state index contributed by atoms with van der Waals surface area (Å²) in [6, 6.07) is 0.0888. The van der Waals surface area contributed by atoms with Gasteiger partial charge >= 0.3 is 23.5 Å². The van der Waals surface area contributed by atoms with E-state index < -0.39 is 36.0 Å². The number of rotatable bonds is 10. The monoisotopic (exact) mass is 526 g/mol. The minimum absolute atomic E-state index is 0.0820. The van der Waals surface area contributed by atoms with E-state index in [9.17, 15) is 23.5 Å². The number of nitrogen functional groups attached to an aromatic ring is 1. The van der Waals surface area contributed by atoms with Crippen LogP contribution in [0.3, 0.4) is 0 Å². The van der Waals surface area contributed by atoms with Gasteiger partial charge in [-0.1, -0.05) is 12.2 Å². The molecule has 0 radical (unpaired) electrons. The van der Waals surface area contributed by atoms with Gasteiger partial charge in [0.2, 0.25) is 5.95 Å². The molecule has 1 saturated carbocycles. The normalized spacial score (nSPS) is 24.6. The lowest BCUT2D eigenvalue weighted by atomic mass is 10.1. The topological polar surface area (TPSA) is 241 Å². The van der Waals surface area contributed by atoms with Crippen LogP contribution in [0.1, 0.15) is 25.3 Å². The highest BCUT2D eigenvalue weighted by molar-refractivity contribution is 7.66. The number of nitrogens with two attached hydrogens (primary N) is 1. The Kier molecular flexibility index (Phi) is 6.53. The van der Waals surface area contributed by atoms with Crippen molar-refractivity contribution in [2.75, 3.05) is 17.7 Å². The van der Waals surface area contributed by atoms with Crippen molar-refractivity contribution in [2.24, 2.45) is 5.92 Å². The molecular weight excluding hydrogens is 505 g/mol. The molecule has 33 heavy (non-hydrogen) atoms. The van der Waals surface area contributed by atoms with E-state index in [1.807, 2.05) is 0 Å². The highest BCUT2D eigenvalue weighted by Crippen LogP contribution is 2.66. The van der Waals surface area contributed by atoms with Crippen molar-refractivity contribution >= 4 is 46.4 Å². The van der Waals surface area contributed by atoms with E-state index in [0.29, 0.717) is 29.4 Å². The smallest absolute Gasteiger partial charge is 0.368 e. The molecule has 16 nitrogen and oxygen atoms in total. The number of anilines is 2. The fraction of sp³-hybridized carbons (Fsp3) is 0.500. The number of fused-ring (bicyclic) bond motifs is 1. The highest BCUT2D eigenvalue weighted by Gasteiger charge is 2.41. The Morgan fingerprint density at radius 3 is 2.48 bits per heavy atom. The molecular formula is C14H21N6O10P3. The van der Waals surface area contributed by atoms with Crippen molar-refractivity contribution in [1.29, 1.82) is 0 Å². The predicted molar refractivity (Wildman–Crippen MR) is 112 cm³/mol. The molecule has 0 saturated heterocycles. The summed E-state index contributed by atoms with van der Waals surface area (Å²) >= 11 is 0. The summed E-state index contributed by atoms with van der Waals surface area (Å²) in [5.41, 5.74) is 6.91. The van der Waals surface area contributed by atoms with Crippen LogP contribution in [0.25, 0.3) is 11.2 Å². The first kappa shape index (κ1) is 24.4. The second-order valence-electron chi connectivity index (χ2n) is 7.51. The molecule has 2 aromatic rings.